The molecule has 34 heavy (non-hydrogen) atoms. The molecule has 0 amide bonds. The topological polar surface area (TPSA) is 174 Å². The van der Waals surface area contributed by atoms with Crippen molar-refractivity contribution in [3.05, 3.63) is 34.4 Å². The predicted octanol–water partition coefficient (Wildman–Crippen LogP) is 1.24. The number of ether oxygens (including phenoxy) is 6. The third-order valence-electron chi connectivity index (χ3n) is 4.62. The van der Waals surface area contributed by atoms with E-state index < -0.39 is 11.2 Å². The fourth-order valence-corrected chi connectivity index (χ4v) is 2.94. The van der Waals surface area contributed by atoms with Gasteiger partial charge in [-0.05, 0) is 6.07 Å². The van der Waals surface area contributed by atoms with Gasteiger partial charge >= 0.3 is 5.69 Å². The number of pyridine rings is 2. The number of nitrogen functional groups attached to an aromatic ring is 1. The van der Waals surface area contributed by atoms with Crippen molar-refractivity contribution in [2.45, 2.75) is 12.6 Å². The van der Waals surface area contributed by atoms with Gasteiger partial charge in [0.2, 0.25) is 17.6 Å². The van der Waals surface area contributed by atoms with Gasteiger partial charge in [-0.2, -0.15) is 9.97 Å². The van der Waals surface area contributed by atoms with Gasteiger partial charge in [-0.1, -0.05) is 0 Å². The highest BCUT2D eigenvalue weighted by molar-refractivity contribution is 5.62. The monoisotopic (exact) mass is 480 g/mol. The molecule has 14 nitrogen and oxygen atoms in total. The zero-order valence-electron chi connectivity index (χ0n) is 18.9. The van der Waals surface area contributed by atoms with Gasteiger partial charge in [0.25, 0.3) is 0 Å². The molecule has 0 aromatic carbocycles. The molecular weight excluding hydrogens is 452 g/mol. The number of anilines is 3. The van der Waals surface area contributed by atoms with Crippen LogP contribution in [0.4, 0.5) is 23.0 Å². The van der Waals surface area contributed by atoms with Crippen molar-refractivity contribution in [2.24, 2.45) is 0 Å². The van der Waals surface area contributed by atoms with Gasteiger partial charge in [-0.25, -0.2) is 0 Å². The minimum Gasteiger partial charge on any atom is -0.481 e. The molecular formula is C20H28N6O8. The average molecular weight is 480 g/mol. The maximum atomic E-state index is 10.8. The van der Waals surface area contributed by atoms with E-state index in [-0.39, 0.29) is 17.8 Å². The zero-order chi connectivity index (χ0) is 24.3. The molecule has 2 aliphatic rings. The Hall–Kier alpha value is -3.46. The van der Waals surface area contributed by atoms with E-state index in [0.29, 0.717) is 62.8 Å². The van der Waals surface area contributed by atoms with Gasteiger partial charge in [-0.15, -0.1) is 0 Å². The van der Waals surface area contributed by atoms with Gasteiger partial charge in [0, 0.05) is 18.2 Å². The van der Waals surface area contributed by atoms with Crippen LogP contribution in [0, 0.1) is 10.1 Å². The lowest BCUT2D eigenvalue weighted by molar-refractivity contribution is -0.384. The molecule has 2 saturated heterocycles. The van der Waals surface area contributed by atoms with Crippen molar-refractivity contribution in [2.75, 3.05) is 70.1 Å². The van der Waals surface area contributed by atoms with Crippen molar-refractivity contribution in [3.8, 4) is 11.8 Å². The third kappa shape index (κ3) is 7.28. The SMILES string of the molecule is COc1ccc(N)c(NCC2OCCO2)n1.COc1ccc([N+](=O)[O-])c(NCC2OCCO2)n1. The molecule has 4 rings (SSSR count). The molecule has 186 valence electrons. The Labute approximate surface area is 195 Å². The first-order valence-electron chi connectivity index (χ1n) is 10.4. The summed E-state index contributed by atoms with van der Waals surface area (Å²) in [4.78, 5) is 18.5. The van der Waals surface area contributed by atoms with Crippen LogP contribution in [0.1, 0.15) is 0 Å². The third-order valence-corrected chi connectivity index (χ3v) is 4.62. The number of nitro groups is 1. The highest BCUT2D eigenvalue weighted by Crippen LogP contribution is 2.25. The predicted molar refractivity (Wildman–Crippen MR) is 121 cm³/mol. The van der Waals surface area contributed by atoms with Gasteiger partial charge in [-0.3, -0.25) is 10.1 Å². The molecule has 0 aliphatic carbocycles. The molecule has 14 heteroatoms. The Morgan fingerprint density at radius 3 is 1.88 bits per heavy atom. The van der Waals surface area contributed by atoms with Crippen LogP contribution in [-0.2, 0) is 18.9 Å². The maximum Gasteiger partial charge on any atom is 0.311 e. The summed E-state index contributed by atoms with van der Waals surface area (Å²) in [6, 6.07) is 6.23. The van der Waals surface area contributed by atoms with Crippen molar-refractivity contribution in [3.63, 3.8) is 0 Å². The normalized spacial score (nSPS) is 15.9. The summed E-state index contributed by atoms with van der Waals surface area (Å²) >= 11 is 0. The van der Waals surface area contributed by atoms with Crippen LogP contribution in [0.2, 0.25) is 0 Å². The smallest absolute Gasteiger partial charge is 0.311 e. The minimum absolute atomic E-state index is 0.117. The number of nitrogens with two attached hydrogens (primary N) is 1. The molecule has 2 aromatic heterocycles. The molecule has 4 N–H and O–H groups in total. The average Bonchev–Trinajstić information content (AvgIpc) is 3.57. The molecule has 0 atom stereocenters. The van der Waals surface area contributed by atoms with Crippen molar-refractivity contribution in [1.82, 2.24) is 9.97 Å². The first kappa shape index (κ1) is 25.2. The van der Waals surface area contributed by atoms with Gasteiger partial charge in [0.05, 0.1) is 64.3 Å². The first-order valence-corrected chi connectivity index (χ1v) is 10.4. The second-order valence-corrected chi connectivity index (χ2v) is 6.87. The van der Waals surface area contributed by atoms with E-state index in [1.54, 1.807) is 19.2 Å². The van der Waals surface area contributed by atoms with E-state index in [1.807, 2.05) is 0 Å². The number of methoxy groups -OCH3 is 2. The van der Waals surface area contributed by atoms with Crippen LogP contribution in [0.25, 0.3) is 0 Å². The zero-order valence-corrected chi connectivity index (χ0v) is 18.9. The Bertz CT molecular complexity index is 937. The van der Waals surface area contributed by atoms with Crippen molar-refractivity contribution in [1.29, 1.82) is 0 Å². The highest BCUT2D eigenvalue weighted by Gasteiger charge is 2.20. The van der Waals surface area contributed by atoms with Crippen LogP contribution in [0.3, 0.4) is 0 Å². The van der Waals surface area contributed by atoms with E-state index in [9.17, 15) is 10.1 Å². The van der Waals surface area contributed by atoms with Gasteiger partial charge in [0.15, 0.2) is 18.4 Å². The molecule has 0 spiro atoms. The lowest BCUT2D eigenvalue weighted by atomic mass is 10.4. The summed E-state index contributed by atoms with van der Waals surface area (Å²) < 4.78 is 30.9. The van der Waals surface area contributed by atoms with E-state index in [0.717, 1.165) is 0 Å². The highest BCUT2D eigenvalue weighted by atomic mass is 16.7. The van der Waals surface area contributed by atoms with Crippen LogP contribution in [0.5, 0.6) is 11.8 Å². The second-order valence-electron chi connectivity index (χ2n) is 6.87. The number of nitrogens with zero attached hydrogens (tertiary/aromatic N) is 3. The van der Waals surface area contributed by atoms with Crippen LogP contribution >= 0.6 is 0 Å². The summed E-state index contributed by atoms with van der Waals surface area (Å²) in [6.07, 6.45) is -0.634. The number of rotatable bonds is 9. The van der Waals surface area contributed by atoms with Gasteiger partial charge < -0.3 is 44.8 Å². The Kier molecular flexibility index (Phi) is 9.40. The fraction of sp³-hybridized carbons (Fsp3) is 0.500. The quantitative estimate of drug-likeness (QED) is 0.346. The van der Waals surface area contributed by atoms with Crippen LogP contribution in [-0.4, -0.2) is 81.2 Å². The Morgan fingerprint density at radius 2 is 1.38 bits per heavy atom. The molecule has 0 radical (unpaired) electrons. The summed E-state index contributed by atoms with van der Waals surface area (Å²) in [5, 5.41) is 16.7. The molecule has 2 fully saturated rings. The molecule has 2 aromatic rings. The fourth-order valence-electron chi connectivity index (χ4n) is 2.94. The summed E-state index contributed by atoms with van der Waals surface area (Å²) in [5.74, 6) is 1.54. The number of nitrogens with one attached hydrogen (secondary N) is 2. The summed E-state index contributed by atoms with van der Waals surface area (Å²) in [7, 11) is 3.01. The first-order chi connectivity index (χ1) is 16.5. The summed E-state index contributed by atoms with van der Waals surface area (Å²) in [5.41, 5.74) is 6.22. The lowest BCUT2D eigenvalue weighted by Crippen LogP contribution is -2.21. The van der Waals surface area contributed by atoms with E-state index in [4.69, 9.17) is 34.2 Å². The van der Waals surface area contributed by atoms with E-state index in [2.05, 4.69) is 20.6 Å². The summed E-state index contributed by atoms with van der Waals surface area (Å²) in [6.45, 7) is 3.13. The van der Waals surface area contributed by atoms with Crippen molar-refractivity contribution < 1.29 is 33.3 Å². The molecule has 2 aliphatic heterocycles. The van der Waals surface area contributed by atoms with E-state index >= 15 is 0 Å². The second kappa shape index (κ2) is 12.7. The minimum atomic E-state index is -0.509. The number of hydrogen-bond donors (Lipinski definition) is 3. The largest absolute Gasteiger partial charge is 0.481 e. The van der Waals surface area contributed by atoms with Crippen LogP contribution in [0.15, 0.2) is 24.3 Å². The molecule has 0 bridgehead atoms. The standard InChI is InChI=1S/C10H13N3O5.C10H15N3O3/c1-16-8-3-2-7(13(14)15)10(12-8)11-6-9-17-4-5-18-9;1-14-8-3-2-7(11)10(13-8)12-6-9-15-4-5-16-9/h2-3,9H,4-6H2,1H3,(H,11,12);2-3,9H,4-6,11H2,1H3,(H,12,13). The Morgan fingerprint density at radius 1 is 0.912 bits per heavy atom. The van der Waals surface area contributed by atoms with Crippen molar-refractivity contribution >= 4 is 23.0 Å². The molecule has 4 heterocycles. The lowest BCUT2D eigenvalue weighted by Gasteiger charge is -2.12. The number of aromatic nitrogens is 2. The Balaban J connectivity index is 0.000000192. The van der Waals surface area contributed by atoms with E-state index in [1.165, 1.54) is 19.2 Å². The van der Waals surface area contributed by atoms with Gasteiger partial charge in [0.1, 0.15) is 0 Å². The van der Waals surface area contributed by atoms with Crippen LogP contribution < -0.4 is 25.8 Å². The number of hydrogen-bond acceptors (Lipinski definition) is 13. The molecule has 0 unspecified atom stereocenters. The maximum absolute atomic E-state index is 10.8. The molecule has 0 saturated carbocycles.